The first-order chi connectivity index (χ1) is 14.0. The molecule has 28 heteroatoms. The predicted molar refractivity (Wildman–Crippen MR) is 61.2 cm³/mol. The van der Waals surface area contributed by atoms with Gasteiger partial charge in [-0.15, -0.1) is 0 Å². The minimum absolute atomic E-state index is 0. The van der Waals surface area contributed by atoms with Crippen LogP contribution in [0.15, 0.2) is 0 Å². The second-order valence-corrected chi connectivity index (χ2v) is 8.19. The van der Waals surface area contributed by atoms with Crippen LogP contribution in [0.1, 0.15) is 0 Å². The maximum Gasteiger partial charge on any atom is 1.00 e. The first kappa shape index (κ1) is 44.8. The zero-order valence-electron chi connectivity index (χ0n) is 16.1. The molecule has 0 heterocycles. The fourth-order valence-corrected chi connectivity index (χ4v) is 2.72. The summed E-state index contributed by atoms with van der Waals surface area (Å²) >= 11 is 0. The topological polar surface area (TPSA) is 114 Å². The summed E-state index contributed by atoms with van der Waals surface area (Å²) in [6, 6.07) is 0. The van der Waals surface area contributed by atoms with Gasteiger partial charge in [-0.2, -0.15) is 79.0 Å². The Morgan fingerprint density at radius 1 is 0.389 bits per heavy atom. The van der Waals surface area contributed by atoms with Crippen molar-refractivity contribution in [1.82, 2.24) is 0 Å². The zero-order chi connectivity index (χ0) is 29.0. The summed E-state index contributed by atoms with van der Waals surface area (Å²) in [5.41, 5.74) is 0. The van der Waals surface area contributed by atoms with Gasteiger partial charge >= 0.3 is 149 Å². The van der Waals surface area contributed by atoms with Gasteiger partial charge < -0.3 is 9.11 Å². The molecular weight excluding hydrogens is 676 g/mol. The van der Waals surface area contributed by atoms with Crippen molar-refractivity contribution >= 4 is 20.2 Å². The molecule has 0 amide bonds. The van der Waals surface area contributed by atoms with Gasteiger partial charge in [-0.05, 0) is 0 Å². The molecule has 0 atom stereocenters. The van der Waals surface area contributed by atoms with Gasteiger partial charge in [0, 0.05) is 0 Å². The van der Waals surface area contributed by atoms with E-state index in [2.05, 4.69) is 0 Å². The van der Waals surface area contributed by atoms with Crippen LogP contribution in [0.3, 0.4) is 0 Å². The smallest absolute Gasteiger partial charge is 0.747 e. The minimum Gasteiger partial charge on any atom is -0.747 e. The Morgan fingerprint density at radius 3 is 0.694 bits per heavy atom. The minimum atomic E-state index is -7.82. The molecule has 0 rings (SSSR count). The summed E-state index contributed by atoms with van der Waals surface area (Å²) in [6.45, 7) is 0. The van der Waals surface area contributed by atoms with Crippen LogP contribution in [0.25, 0.3) is 0 Å². The van der Waals surface area contributed by atoms with Crippen molar-refractivity contribution in [1.29, 1.82) is 0 Å². The predicted octanol–water partition coefficient (Wildman–Crippen LogP) is -2.08. The molecule has 208 valence electrons. The summed E-state index contributed by atoms with van der Waals surface area (Å²) in [7, 11) is -15.2. The summed E-state index contributed by atoms with van der Waals surface area (Å²) in [6.07, 6.45) is -29.3. The molecule has 0 fully saturated rings. The van der Waals surface area contributed by atoms with Crippen molar-refractivity contribution in [2.75, 3.05) is 0 Å². The molecule has 0 aliphatic heterocycles. The van der Waals surface area contributed by atoms with E-state index in [-0.39, 0.29) is 103 Å². The summed E-state index contributed by atoms with van der Waals surface area (Å²) < 4.78 is 264. The van der Waals surface area contributed by atoms with Crippen LogP contribution in [0.2, 0.25) is 0 Å². The first-order valence-corrected chi connectivity index (χ1v) is 9.13. The van der Waals surface area contributed by atoms with E-state index in [1.807, 2.05) is 0 Å². The van der Waals surface area contributed by atoms with E-state index < -0.39 is 66.8 Å². The van der Waals surface area contributed by atoms with Crippen molar-refractivity contribution in [3.8, 4) is 0 Å². The third-order valence-corrected chi connectivity index (χ3v) is 5.33. The van der Waals surface area contributed by atoms with E-state index in [1.54, 1.807) is 0 Å². The molecule has 0 N–H and O–H groups in total. The molecule has 0 aromatic rings. The number of rotatable bonds is 4. The summed E-state index contributed by atoms with van der Waals surface area (Å²) in [5, 5.41) is -7.11. The van der Waals surface area contributed by atoms with E-state index in [0.29, 0.717) is 0 Å². The molecular formula is C8F18K2O6S2. The molecule has 0 saturated carbocycles. The van der Waals surface area contributed by atoms with E-state index >= 15 is 0 Å². The van der Waals surface area contributed by atoms with Crippen molar-refractivity contribution < 1.29 is 208 Å². The summed E-state index contributed by atoms with van der Waals surface area (Å²) in [5.74, 6) is -14.8. The third kappa shape index (κ3) is 7.98. The Morgan fingerprint density at radius 2 is 0.611 bits per heavy atom. The van der Waals surface area contributed by atoms with Gasteiger partial charge in [0.15, 0.2) is 10.1 Å². The average molecular weight is 676 g/mol. The largest absolute Gasteiger partial charge is 1.00 e. The molecule has 36 heavy (non-hydrogen) atoms. The second kappa shape index (κ2) is 12.4. The van der Waals surface area contributed by atoms with E-state index in [9.17, 15) is 105 Å². The van der Waals surface area contributed by atoms with Gasteiger partial charge in [-0.25, -0.2) is 16.8 Å². The second-order valence-electron chi connectivity index (χ2n) is 5.25. The maximum atomic E-state index is 12.2. The van der Waals surface area contributed by atoms with Gasteiger partial charge in [0.2, 0.25) is 0 Å². The normalized spacial score (nSPS) is 15.2. The van der Waals surface area contributed by atoms with Gasteiger partial charge in [-0.1, -0.05) is 0 Å². The molecule has 0 unspecified atom stereocenters. The van der Waals surface area contributed by atoms with Gasteiger partial charge in [-0.3, -0.25) is 0 Å². The number of hydrogen-bond acceptors (Lipinski definition) is 6. The van der Waals surface area contributed by atoms with Crippen molar-refractivity contribution in [3.63, 3.8) is 0 Å². The van der Waals surface area contributed by atoms with Gasteiger partial charge in [0.05, 0.1) is 0 Å². The summed E-state index contributed by atoms with van der Waals surface area (Å²) in [4.78, 5) is 0. The van der Waals surface area contributed by atoms with Gasteiger partial charge in [0.1, 0.15) is 10.1 Å². The molecule has 0 spiro atoms. The van der Waals surface area contributed by atoms with Crippen molar-refractivity contribution in [2.24, 2.45) is 0 Å². The Balaban J connectivity index is -0.000000269. The molecule has 0 saturated heterocycles. The fourth-order valence-electron chi connectivity index (χ4n) is 1.43. The van der Waals surface area contributed by atoms with Crippen LogP contribution in [-0.2, 0) is 20.2 Å². The molecule has 0 aliphatic rings. The van der Waals surface area contributed by atoms with E-state index in [1.165, 1.54) is 0 Å². The molecule has 6 nitrogen and oxygen atoms in total. The Kier molecular flexibility index (Phi) is 15.4. The van der Waals surface area contributed by atoms with Crippen molar-refractivity contribution in [3.05, 3.63) is 0 Å². The third-order valence-electron chi connectivity index (χ3n) is 3.00. The molecule has 0 bridgehead atoms. The number of hydrogen-bond donors (Lipinski definition) is 0. The average Bonchev–Trinajstić information content (AvgIpc) is 2.38. The Hall–Kier alpha value is 1.83. The molecule has 0 aromatic heterocycles. The standard InChI is InChI=1S/2C4HF9O3S.2K/c5-1(6,3(9,10)11)2(7,8)4(12,13)17(14,15)16;5-2(6,7)1(3(8,9)10,4(11,12)13)17(14,15)16;;/h2*(H,14,15,16);;/q;;2*+1/p-2. The van der Waals surface area contributed by atoms with Crippen molar-refractivity contribution in [2.45, 2.75) is 46.6 Å². The first-order valence-electron chi connectivity index (χ1n) is 6.31. The fraction of sp³-hybridized carbons (Fsp3) is 1.00. The Bertz CT molecular complexity index is 908. The molecule has 0 aliphatic carbocycles. The van der Waals surface area contributed by atoms with E-state index in [0.717, 1.165) is 0 Å². The van der Waals surface area contributed by atoms with Crippen LogP contribution in [0, 0.1) is 0 Å². The van der Waals surface area contributed by atoms with Gasteiger partial charge in [0.25, 0.3) is 0 Å². The number of alkyl halides is 18. The molecule has 0 radical (unpaired) electrons. The SMILES string of the molecule is O=S(=O)([O-])C(C(F)(F)F)(C(F)(F)F)C(F)(F)F.O=S(=O)([O-])C(F)(F)C(F)(F)C(F)(F)C(F)(F)F.[K+].[K+]. The maximum absolute atomic E-state index is 12.2. The monoisotopic (exact) mass is 676 g/mol. The zero-order valence-corrected chi connectivity index (χ0v) is 23.9. The Labute approximate surface area is 270 Å². The van der Waals surface area contributed by atoms with E-state index in [4.69, 9.17) is 0 Å². The quantitative estimate of drug-likeness (QED) is 0.192. The van der Waals surface area contributed by atoms with Crippen LogP contribution in [0.4, 0.5) is 79.0 Å². The van der Waals surface area contributed by atoms with Crippen LogP contribution >= 0.6 is 0 Å². The van der Waals surface area contributed by atoms with Crippen LogP contribution in [0.5, 0.6) is 0 Å². The van der Waals surface area contributed by atoms with Crippen LogP contribution in [-0.4, -0.2) is 72.5 Å². The number of halogens is 18. The van der Waals surface area contributed by atoms with Crippen LogP contribution < -0.4 is 103 Å². The molecule has 0 aromatic carbocycles.